The molecule has 0 N–H and O–H groups in total. The van der Waals surface area contributed by atoms with E-state index in [2.05, 4.69) is 23.8 Å². The molecular formula is C24H29F2N3O2. The zero-order valence-electron chi connectivity index (χ0n) is 18.1. The Bertz CT molecular complexity index is 1030. The van der Waals surface area contributed by atoms with E-state index in [0.717, 1.165) is 49.6 Å². The van der Waals surface area contributed by atoms with Gasteiger partial charge in [0, 0.05) is 30.6 Å². The van der Waals surface area contributed by atoms with Crippen molar-refractivity contribution < 1.29 is 18.3 Å². The van der Waals surface area contributed by atoms with Gasteiger partial charge in [-0.15, -0.1) is 0 Å². The molecule has 2 aromatic carbocycles. The van der Waals surface area contributed by atoms with Crippen molar-refractivity contribution >= 4 is 10.9 Å². The summed E-state index contributed by atoms with van der Waals surface area (Å²) in [7, 11) is 0. The molecule has 0 radical (unpaired) electrons. The molecule has 0 amide bonds. The lowest BCUT2D eigenvalue weighted by molar-refractivity contribution is 0.256. The van der Waals surface area contributed by atoms with E-state index in [-0.39, 0.29) is 5.75 Å². The zero-order chi connectivity index (χ0) is 21.8. The maximum Gasteiger partial charge on any atom is 0.170 e. The smallest absolute Gasteiger partial charge is 0.170 e. The summed E-state index contributed by atoms with van der Waals surface area (Å²) < 4.78 is 41.3. The predicted octanol–water partition coefficient (Wildman–Crippen LogP) is 5.63. The SMILES string of the molecule is CC(C)Cn1ncc2cc(Oc3ccc(F)cc3F)c(OCCCN3CCCC3)cc21. The van der Waals surface area contributed by atoms with Gasteiger partial charge in [0.15, 0.2) is 23.1 Å². The van der Waals surface area contributed by atoms with Crippen LogP contribution in [0.15, 0.2) is 36.5 Å². The van der Waals surface area contributed by atoms with Gasteiger partial charge in [0.25, 0.3) is 0 Å². The number of likely N-dealkylation sites (tertiary alicyclic amines) is 1. The lowest BCUT2D eigenvalue weighted by Gasteiger charge is -2.16. The molecule has 166 valence electrons. The number of nitrogens with zero attached hydrogens (tertiary/aromatic N) is 3. The number of hydrogen-bond donors (Lipinski definition) is 0. The van der Waals surface area contributed by atoms with Crippen molar-refractivity contribution in [2.75, 3.05) is 26.2 Å². The van der Waals surface area contributed by atoms with Gasteiger partial charge in [-0.2, -0.15) is 5.10 Å². The molecule has 1 aromatic heterocycles. The van der Waals surface area contributed by atoms with Crippen LogP contribution in [0, 0.1) is 17.6 Å². The molecule has 0 aliphatic carbocycles. The van der Waals surface area contributed by atoms with Gasteiger partial charge in [-0.05, 0) is 56.5 Å². The number of fused-ring (bicyclic) bond motifs is 1. The van der Waals surface area contributed by atoms with Crippen molar-refractivity contribution in [3.8, 4) is 17.2 Å². The normalized spacial score (nSPS) is 14.6. The van der Waals surface area contributed by atoms with Gasteiger partial charge in [-0.25, -0.2) is 8.78 Å². The number of hydrogen-bond acceptors (Lipinski definition) is 4. The molecule has 0 atom stereocenters. The second-order valence-corrected chi connectivity index (χ2v) is 8.51. The highest BCUT2D eigenvalue weighted by molar-refractivity contribution is 5.83. The Morgan fingerprint density at radius 3 is 2.58 bits per heavy atom. The molecule has 7 heteroatoms. The third kappa shape index (κ3) is 5.34. The average molecular weight is 430 g/mol. The van der Waals surface area contributed by atoms with E-state index in [1.165, 1.54) is 25.0 Å². The summed E-state index contributed by atoms with van der Waals surface area (Å²) >= 11 is 0. The Hall–Kier alpha value is -2.67. The monoisotopic (exact) mass is 429 g/mol. The van der Waals surface area contributed by atoms with Crippen LogP contribution in [0.3, 0.4) is 0 Å². The van der Waals surface area contributed by atoms with Crippen LogP contribution >= 0.6 is 0 Å². The fourth-order valence-corrected chi connectivity index (χ4v) is 3.92. The maximum atomic E-state index is 14.2. The van der Waals surface area contributed by atoms with Crippen LogP contribution in [0.5, 0.6) is 17.2 Å². The molecule has 0 unspecified atom stereocenters. The molecule has 0 saturated carbocycles. The summed E-state index contributed by atoms with van der Waals surface area (Å²) in [5.74, 6) is -0.0786. The Morgan fingerprint density at radius 1 is 1.03 bits per heavy atom. The first-order chi connectivity index (χ1) is 15.0. The second-order valence-electron chi connectivity index (χ2n) is 8.51. The maximum absolute atomic E-state index is 14.2. The first kappa shape index (κ1) is 21.6. The molecule has 1 aliphatic heterocycles. The van der Waals surface area contributed by atoms with Crippen molar-refractivity contribution in [3.63, 3.8) is 0 Å². The first-order valence-corrected chi connectivity index (χ1v) is 11.0. The number of rotatable bonds is 9. The van der Waals surface area contributed by atoms with Gasteiger partial charge in [-0.3, -0.25) is 4.68 Å². The van der Waals surface area contributed by atoms with E-state index in [1.54, 1.807) is 12.3 Å². The topological polar surface area (TPSA) is 39.5 Å². The van der Waals surface area contributed by atoms with Crippen LogP contribution in [0.2, 0.25) is 0 Å². The Morgan fingerprint density at radius 2 is 1.84 bits per heavy atom. The molecule has 1 fully saturated rings. The predicted molar refractivity (Wildman–Crippen MR) is 117 cm³/mol. The van der Waals surface area contributed by atoms with Crippen LogP contribution in [-0.4, -0.2) is 40.9 Å². The Kier molecular flexibility index (Phi) is 6.70. The third-order valence-electron chi connectivity index (χ3n) is 5.43. The molecule has 0 bridgehead atoms. The lowest BCUT2D eigenvalue weighted by atomic mass is 10.2. The zero-order valence-corrected chi connectivity index (χ0v) is 18.1. The molecule has 2 heterocycles. The molecule has 3 aromatic rings. The highest BCUT2D eigenvalue weighted by Gasteiger charge is 2.16. The summed E-state index contributed by atoms with van der Waals surface area (Å²) in [4.78, 5) is 2.44. The summed E-state index contributed by atoms with van der Waals surface area (Å²) in [6.07, 6.45) is 5.19. The first-order valence-electron chi connectivity index (χ1n) is 11.0. The van der Waals surface area contributed by atoms with Gasteiger partial charge in [0.1, 0.15) is 5.82 Å². The lowest BCUT2D eigenvalue weighted by Crippen LogP contribution is -2.21. The van der Waals surface area contributed by atoms with Gasteiger partial charge in [0.2, 0.25) is 0 Å². The van der Waals surface area contributed by atoms with Gasteiger partial charge >= 0.3 is 0 Å². The fourth-order valence-electron chi connectivity index (χ4n) is 3.92. The molecule has 5 nitrogen and oxygen atoms in total. The van der Waals surface area contributed by atoms with Crippen molar-refractivity contribution in [1.82, 2.24) is 14.7 Å². The van der Waals surface area contributed by atoms with Crippen molar-refractivity contribution in [2.24, 2.45) is 5.92 Å². The van der Waals surface area contributed by atoms with E-state index < -0.39 is 11.6 Å². The van der Waals surface area contributed by atoms with E-state index in [1.807, 2.05) is 10.7 Å². The molecule has 0 spiro atoms. The minimum absolute atomic E-state index is 0.0442. The minimum atomic E-state index is -0.754. The van der Waals surface area contributed by atoms with Gasteiger partial charge < -0.3 is 14.4 Å². The van der Waals surface area contributed by atoms with Crippen LogP contribution in [0.1, 0.15) is 33.1 Å². The van der Waals surface area contributed by atoms with Crippen LogP contribution in [-0.2, 0) is 6.54 Å². The van der Waals surface area contributed by atoms with E-state index in [4.69, 9.17) is 9.47 Å². The minimum Gasteiger partial charge on any atom is -0.490 e. The van der Waals surface area contributed by atoms with Crippen molar-refractivity contribution in [2.45, 2.75) is 39.7 Å². The third-order valence-corrected chi connectivity index (χ3v) is 5.43. The molecule has 1 saturated heterocycles. The number of aromatic nitrogens is 2. The van der Waals surface area contributed by atoms with Crippen molar-refractivity contribution in [3.05, 3.63) is 48.2 Å². The Balaban J connectivity index is 1.57. The summed E-state index contributed by atoms with van der Waals surface area (Å²) in [6, 6.07) is 6.97. The largest absolute Gasteiger partial charge is 0.490 e. The second kappa shape index (κ2) is 9.64. The highest BCUT2D eigenvalue weighted by Crippen LogP contribution is 2.37. The quantitative estimate of drug-likeness (QED) is 0.414. The van der Waals surface area contributed by atoms with Gasteiger partial charge in [0.05, 0.1) is 18.3 Å². The van der Waals surface area contributed by atoms with Crippen LogP contribution in [0.25, 0.3) is 10.9 Å². The summed E-state index contributed by atoms with van der Waals surface area (Å²) in [6.45, 7) is 8.89. The number of halogens is 2. The number of ether oxygens (including phenoxy) is 2. The van der Waals surface area contributed by atoms with Crippen molar-refractivity contribution in [1.29, 1.82) is 0 Å². The molecule has 4 rings (SSSR count). The van der Waals surface area contributed by atoms with Crippen LogP contribution in [0.4, 0.5) is 8.78 Å². The van der Waals surface area contributed by atoms with Gasteiger partial charge in [-0.1, -0.05) is 13.8 Å². The van der Waals surface area contributed by atoms with Crippen LogP contribution < -0.4 is 9.47 Å². The molecular weight excluding hydrogens is 400 g/mol. The number of benzene rings is 2. The molecule has 1 aliphatic rings. The highest BCUT2D eigenvalue weighted by atomic mass is 19.1. The standard InChI is InChI=1S/C24H29F2N3O2/c1-17(2)16-29-21-14-23(30-11-5-10-28-8-3-4-9-28)24(12-18(21)15-27-29)31-22-7-6-19(25)13-20(22)26/h6-7,12-15,17H,3-5,8-11,16H2,1-2H3. The summed E-state index contributed by atoms with van der Waals surface area (Å²) in [5, 5.41) is 5.36. The van der Waals surface area contributed by atoms with E-state index >= 15 is 0 Å². The van der Waals surface area contributed by atoms with E-state index in [9.17, 15) is 8.78 Å². The molecule has 31 heavy (non-hydrogen) atoms. The van der Waals surface area contributed by atoms with E-state index in [0.29, 0.717) is 24.0 Å². The fraction of sp³-hybridized carbons (Fsp3) is 0.458. The Labute approximate surface area is 181 Å². The summed E-state index contributed by atoms with van der Waals surface area (Å²) in [5.41, 5.74) is 0.940. The average Bonchev–Trinajstić information content (AvgIpc) is 3.37.